The Hall–Kier alpha value is -1.79. The Bertz CT molecular complexity index is 537. The second kappa shape index (κ2) is 3.76. The van der Waals surface area contributed by atoms with Gasteiger partial charge in [-0.2, -0.15) is 10.4 Å². The summed E-state index contributed by atoms with van der Waals surface area (Å²) in [6.07, 6.45) is 3.22. The van der Waals surface area contributed by atoms with Crippen LogP contribution in [0, 0.1) is 18.3 Å². The van der Waals surface area contributed by atoms with Crippen molar-refractivity contribution in [1.82, 2.24) is 9.78 Å². The third kappa shape index (κ3) is 1.85. The predicted molar refractivity (Wildman–Crippen MR) is 58.0 cm³/mol. The fourth-order valence-electron chi connectivity index (χ4n) is 1.37. The third-order valence-electron chi connectivity index (χ3n) is 2.07. The molecule has 0 fully saturated rings. The molecule has 0 bridgehead atoms. The standard InChI is InChI=1S/C11H8ClN3/c1-8-2-3-11(9(4-8)5-13)15-7-10(12)6-14-15/h2-4,6-7H,1H3. The maximum absolute atomic E-state index is 8.99. The van der Waals surface area contributed by atoms with Crippen molar-refractivity contribution in [1.29, 1.82) is 5.26 Å². The van der Waals surface area contributed by atoms with Gasteiger partial charge >= 0.3 is 0 Å². The normalized spacial score (nSPS) is 9.93. The van der Waals surface area contributed by atoms with Crippen molar-refractivity contribution >= 4 is 11.6 Å². The van der Waals surface area contributed by atoms with Crippen molar-refractivity contribution < 1.29 is 0 Å². The van der Waals surface area contributed by atoms with Gasteiger partial charge < -0.3 is 0 Å². The first kappa shape index (κ1) is 9.75. The second-order valence-electron chi connectivity index (χ2n) is 3.24. The smallest absolute Gasteiger partial charge is 0.101 e. The van der Waals surface area contributed by atoms with Gasteiger partial charge in [0.1, 0.15) is 6.07 Å². The van der Waals surface area contributed by atoms with E-state index in [0.29, 0.717) is 10.6 Å². The van der Waals surface area contributed by atoms with Crippen LogP contribution < -0.4 is 0 Å². The highest BCUT2D eigenvalue weighted by atomic mass is 35.5. The van der Waals surface area contributed by atoms with E-state index >= 15 is 0 Å². The molecule has 0 radical (unpaired) electrons. The van der Waals surface area contributed by atoms with Crippen molar-refractivity contribution in [3.8, 4) is 11.8 Å². The highest BCUT2D eigenvalue weighted by Crippen LogP contribution is 2.17. The minimum Gasteiger partial charge on any atom is -0.238 e. The summed E-state index contributed by atoms with van der Waals surface area (Å²) in [6.45, 7) is 1.95. The van der Waals surface area contributed by atoms with Gasteiger partial charge in [-0.25, -0.2) is 4.68 Å². The Balaban J connectivity index is 2.58. The lowest BCUT2D eigenvalue weighted by atomic mass is 10.1. The predicted octanol–water partition coefficient (Wildman–Crippen LogP) is 2.71. The van der Waals surface area contributed by atoms with Gasteiger partial charge in [-0.15, -0.1) is 0 Å². The molecule has 0 unspecified atom stereocenters. The van der Waals surface area contributed by atoms with E-state index in [2.05, 4.69) is 11.2 Å². The molecule has 0 amide bonds. The largest absolute Gasteiger partial charge is 0.238 e. The molecule has 0 aliphatic rings. The summed E-state index contributed by atoms with van der Waals surface area (Å²) in [5.74, 6) is 0. The van der Waals surface area contributed by atoms with Crippen LogP contribution >= 0.6 is 11.6 Å². The van der Waals surface area contributed by atoms with E-state index in [1.54, 1.807) is 17.1 Å². The molecule has 0 saturated carbocycles. The molecule has 0 saturated heterocycles. The highest BCUT2D eigenvalue weighted by molar-refractivity contribution is 6.30. The first-order chi connectivity index (χ1) is 7.20. The fourth-order valence-corrected chi connectivity index (χ4v) is 1.51. The average molecular weight is 218 g/mol. The molecule has 15 heavy (non-hydrogen) atoms. The topological polar surface area (TPSA) is 41.6 Å². The fraction of sp³-hybridized carbons (Fsp3) is 0.0909. The lowest BCUT2D eigenvalue weighted by Crippen LogP contribution is -1.97. The number of aryl methyl sites for hydroxylation is 1. The minimum absolute atomic E-state index is 0.555. The first-order valence-corrected chi connectivity index (χ1v) is 4.80. The van der Waals surface area contributed by atoms with Crippen molar-refractivity contribution in [2.45, 2.75) is 6.92 Å². The molecule has 0 aliphatic carbocycles. The van der Waals surface area contributed by atoms with Crippen LogP contribution in [-0.2, 0) is 0 Å². The van der Waals surface area contributed by atoms with Gasteiger partial charge in [-0.05, 0) is 24.6 Å². The summed E-state index contributed by atoms with van der Waals surface area (Å²) >= 11 is 5.77. The molecule has 1 aromatic carbocycles. The molecule has 3 nitrogen and oxygen atoms in total. The van der Waals surface area contributed by atoms with Crippen LogP contribution in [0.5, 0.6) is 0 Å². The lowest BCUT2D eigenvalue weighted by molar-refractivity contribution is 0.877. The van der Waals surface area contributed by atoms with Crippen LogP contribution in [-0.4, -0.2) is 9.78 Å². The van der Waals surface area contributed by atoms with Crippen molar-refractivity contribution in [3.05, 3.63) is 46.7 Å². The summed E-state index contributed by atoms with van der Waals surface area (Å²) in [7, 11) is 0. The molecule has 0 atom stereocenters. The molecular formula is C11H8ClN3. The molecule has 2 aromatic rings. The van der Waals surface area contributed by atoms with Gasteiger partial charge in [0.15, 0.2) is 0 Å². The van der Waals surface area contributed by atoms with Gasteiger partial charge in [-0.3, -0.25) is 0 Å². The Morgan fingerprint density at radius 1 is 1.47 bits per heavy atom. The van der Waals surface area contributed by atoms with Crippen LogP contribution in [0.1, 0.15) is 11.1 Å². The van der Waals surface area contributed by atoms with E-state index in [4.69, 9.17) is 16.9 Å². The quantitative estimate of drug-likeness (QED) is 0.737. The molecule has 0 N–H and O–H groups in total. The summed E-state index contributed by atoms with van der Waals surface area (Å²) in [6, 6.07) is 7.76. The van der Waals surface area contributed by atoms with Gasteiger partial charge in [0.05, 0.1) is 22.5 Å². The summed E-state index contributed by atoms with van der Waals surface area (Å²) < 4.78 is 1.60. The van der Waals surface area contributed by atoms with Gasteiger partial charge in [0.2, 0.25) is 0 Å². The average Bonchev–Trinajstić information content (AvgIpc) is 2.64. The van der Waals surface area contributed by atoms with E-state index in [1.165, 1.54) is 0 Å². The van der Waals surface area contributed by atoms with Crippen LogP contribution in [0.2, 0.25) is 5.02 Å². The molecule has 74 valence electrons. The summed E-state index contributed by atoms with van der Waals surface area (Å²) in [5, 5.41) is 13.6. The van der Waals surface area contributed by atoms with Crippen LogP contribution in [0.25, 0.3) is 5.69 Å². The van der Waals surface area contributed by atoms with Crippen LogP contribution in [0.3, 0.4) is 0 Å². The number of aromatic nitrogens is 2. The molecule has 1 heterocycles. The number of rotatable bonds is 1. The number of benzene rings is 1. The minimum atomic E-state index is 0.555. The molecule has 0 aliphatic heterocycles. The molecule has 0 spiro atoms. The number of nitrogens with zero attached hydrogens (tertiary/aromatic N) is 3. The van der Waals surface area contributed by atoms with E-state index in [-0.39, 0.29) is 0 Å². The van der Waals surface area contributed by atoms with Crippen LogP contribution in [0.4, 0.5) is 0 Å². The monoisotopic (exact) mass is 217 g/mol. The number of hydrogen-bond donors (Lipinski definition) is 0. The van der Waals surface area contributed by atoms with Gasteiger partial charge in [0.25, 0.3) is 0 Å². The van der Waals surface area contributed by atoms with E-state index in [0.717, 1.165) is 11.3 Å². The molecule has 1 aromatic heterocycles. The van der Waals surface area contributed by atoms with E-state index in [1.807, 2.05) is 25.1 Å². The molecular weight excluding hydrogens is 210 g/mol. The molecule has 4 heteroatoms. The van der Waals surface area contributed by atoms with Gasteiger partial charge in [-0.1, -0.05) is 17.7 Å². The number of halogens is 1. The molecule has 2 rings (SSSR count). The lowest BCUT2D eigenvalue weighted by Gasteiger charge is -2.04. The van der Waals surface area contributed by atoms with Crippen molar-refractivity contribution in [2.24, 2.45) is 0 Å². The maximum Gasteiger partial charge on any atom is 0.101 e. The zero-order valence-corrected chi connectivity index (χ0v) is 8.86. The van der Waals surface area contributed by atoms with Crippen LogP contribution in [0.15, 0.2) is 30.6 Å². The maximum atomic E-state index is 8.99. The zero-order valence-electron chi connectivity index (χ0n) is 8.11. The Morgan fingerprint density at radius 3 is 2.87 bits per heavy atom. The second-order valence-corrected chi connectivity index (χ2v) is 3.67. The number of nitriles is 1. The van der Waals surface area contributed by atoms with Gasteiger partial charge in [0, 0.05) is 6.20 Å². The third-order valence-corrected chi connectivity index (χ3v) is 2.27. The highest BCUT2D eigenvalue weighted by Gasteiger charge is 2.05. The Kier molecular flexibility index (Phi) is 2.44. The van der Waals surface area contributed by atoms with Crippen molar-refractivity contribution in [2.75, 3.05) is 0 Å². The summed E-state index contributed by atoms with van der Waals surface area (Å²) in [5.41, 5.74) is 2.39. The van der Waals surface area contributed by atoms with Crippen molar-refractivity contribution in [3.63, 3.8) is 0 Å². The van der Waals surface area contributed by atoms with E-state index in [9.17, 15) is 0 Å². The SMILES string of the molecule is Cc1ccc(-n2cc(Cl)cn2)c(C#N)c1. The first-order valence-electron chi connectivity index (χ1n) is 4.42. The number of hydrogen-bond acceptors (Lipinski definition) is 2. The Morgan fingerprint density at radius 2 is 2.27 bits per heavy atom. The summed E-state index contributed by atoms with van der Waals surface area (Å²) in [4.78, 5) is 0. The Labute approximate surface area is 92.5 Å². The van der Waals surface area contributed by atoms with E-state index < -0.39 is 0 Å². The zero-order chi connectivity index (χ0) is 10.8.